The number of pyridine rings is 1. The summed E-state index contributed by atoms with van der Waals surface area (Å²) >= 11 is 0. The van der Waals surface area contributed by atoms with Gasteiger partial charge in [0.1, 0.15) is 0 Å². The zero-order valence-corrected chi connectivity index (χ0v) is 11.6. The van der Waals surface area contributed by atoms with Gasteiger partial charge in [-0.05, 0) is 50.9 Å². The van der Waals surface area contributed by atoms with Crippen LogP contribution in [-0.4, -0.2) is 47.0 Å². The highest BCUT2D eigenvalue weighted by molar-refractivity contribution is 5.34. The van der Waals surface area contributed by atoms with Crippen molar-refractivity contribution in [1.82, 2.24) is 14.8 Å². The van der Waals surface area contributed by atoms with E-state index in [4.69, 9.17) is 5.73 Å². The van der Waals surface area contributed by atoms with Crippen LogP contribution in [0.25, 0.3) is 0 Å². The molecule has 2 aliphatic heterocycles. The second-order valence-corrected chi connectivity index (χ2v) is 5.83. The summed E-state index contributed by atoms with van der Waals surface area (Å²) in [4.78, 5) is 9.60. The van der Waals surface area contributed by atoms with Gasteiger partial charge in [-0.25, -0.2) is 0 Å². The van der Waals surface area contributed by atoms with Crippen LogP contribution in [0, 0.1) is 0 Å². The lowest BCUT2D eigenvalue weighted by Crippen LogP contribution is -2.43. The quantitative estimate of drug-likeness (QED) is 0.899. The molecule has 2 fully saturated rings. The minimum atomic E-state index is 0.747. The lowest BCUT2D eigenvalue weighted by molar-refractivity contribution is 0.122. The van der Waals surface area contributed by atoms with E-state index in [2.05, 4.69) is 14.8 Å². The predicted octanol–water partition coefficient (Wildman–Crippen LogP) is 1.72. The van der Waals surface area contributed by atoms with Crippen molar-refractivity contribution in [3.8, 4) is 0 Å². The standard InChI is InChI=1S/C15H24N4/c16-13-3-4-14(17-11-13)12-18-9-5-15(6-10-18)19-7-1-2-8-19/h3-4,11,15H,1-2,5-10,12,16H2. The molecule has 0 radical (unpaired) electrons. The SMILES string of the molecule is Nc1ccc(CN2CCC(N3CCCC3)CC2)nc1. The Hall–Kier alpha value is -1.13. The van der Waals surface area contributed by atoms with Gasteiger partial charge in [0.05, 0.1) is 17.6 Å². The molecule has 0 unspecified atom stereocenters. The van der Waals surface area contributed by atoms with E-state index in [1.165, 1.54) is 51.9 Å². The molecular weight excluding hydrogens is 236 g/mol. The Morgan fingerprint density at radius 1 is 1.11 bits per heavy atom. The first-order chi connectivity index (χ1) is 9.31. The zero-order valence-electron chi connectivity index (χ0n) is 11.6. The summed E-state index contributed by atoms with van der Waals surface area (Å²) in [5.74, 6) is 0. The minimum Gasteiger partial charge on any atom is -0.397 e. The third-order valence-corrected chi connectivity index (χ3v) is 4.45. The number of anilines is 1. The van der Waals surface area contributed by atoms with Crippen LogP contribution in [0.3, 0.4) is 0 Å². The van der Waals surface area contributed by atoms with Gasteiger partial charge in [0.2, 0.25) is 0 Å². The van der Waals surface area contributed by atoms with Crippen molar-refractivity contribution in [2.75, 3.05) is 31.9 Å². The molecule has 2 saturated heterocycles. The molecule has 2 N–H and O–H groups in total. The largest absolute Gasteiger partial charge is 0.397 e. The predicted molar refractivity (Wildman–Crippen MR) is 77.8 cm³/mol. The summed E-state index contributed by atoms with van der Waals surface area (Å²) in [5.41, 5.74) is 7.55. The Labute approximate surface area is 115 Å². The molecule has 0 saturated carbocycles. The van der Waals surface area contributed by atoms with E-state index >= 15 is 0 Å². The highest BCUT2D eigenvalue weighted by Crippen LogP contribution is 2.21. The number of nitrogen functional groups attached to an aromatic ring is 1. The van der Waals surface area contributed by atoms with Crippen LogP contribution in [-0.2, 0) is 6.54 Å². The molecule has 0 spiro atoms. The number of likely N-dealkylation sites (tertiary alicyclic amines) is 2. The first-order valence-corrected chi connectivity index (χ1v) is 7.48. The first-order valence-electron chi connectivity index (χ1n) is 7.48. The Kier molecular flexibility index (Phi) is 3.99. The molecule has 19 heavy (non-hydrogen) atoms. The van der Waals surface area contributed by atoms with E-state index < -0.39 is 0 Å². The zero-order chi connectivity index (χ0) is 13.1. The number of nitrogens with two attached hydrogens (primary N) is 1. The van der Waals surface area contributed by atoms with Gasteiger partial charge < -0.3 is 10.6 Å². The fourth-order valence-corrected chi connectivity index (χ4v) is 3.31. The lowest BCUT2D eigenvalue weighted by atomic mass is 10.0. The Morgan fingerprint density at radius 2 is 1.84 bits per heavy atom. The molecule has 2 aliphatic rings. The summed E-state index contributed by atoms with van der Waals surface area (Å²) < 4.78 is 0. The minimum absolute atomic E-state index is 0.747. The number of nitrogens with zero attached hydrogens (tertiary/aromatic N) is 3. The van der Waals surface area contributed by atoms with Crippen LogP contribution in [0.1, 0.15) is 31.4 Å². The van der Waals surface area contributed by atoms with Crippen molar-refractivity contribution in [1.29, 1.82) is 0 Å². The van der Waals surface area contributed by atoms with Gasteiger partial charge in [-0.15, -0.1) is 0 Å². The molecule has 104 valence electrons. The lowest BCUT2D eigenvalue weighted by Gasteiger charge is -2.36. The molecule has 0 bridgehead atoms. The van der Waals surface area contributed by atoms with E-state index in [1.54, 1.807) is 6.20 Å². The monoisotopic (exact) mass is 260 g/mol. The summed E-state index contributed by atoms with van der Waals surface area (Å²) in [6.45, 7) is 6.02. The van der Waals surface area contributed by atoms with E-state index in [0.29, 0.717) is 0 Å². The highest BCUT2D eigenvalue weighted by atomic mass is 15.2. The van der Waals surface area contributed by atoms with Gasteiger partial charge in [0.25, 0.3) is 0 Å². The van der Waals surface area contributed by atoms with Gasteiger partial charge in [0, 0.05) is 25.7 Å². The van der Waals surface area contributed by atoms with Crippen LogP contribution in [0.2, 0.25) is 0 Å². The van der Waals surface area contributed by atoms with E-state index in [-0.39, 0.29) is 0 Å². The molecule has 0 amide bonds. The second-order valence-electron chi connectivity index (χ2n) is 5.83. The molecule has 4 nitrogen and oxygen atoms in total. The van der Waals surface area contributed by atoms with Crippen LogP contribution < -0.4 is 5.73 Å². The van der Waals surface area contributed by atoms with E-state index in [9.17, 15) is 0 Å². The maximum Gasteiger partial charge on any atom is 0.0545 e. The van der Waals surface area contributed by atoms with Crippen molar-refractivity contribution in [2.24, 2.45) is 0 Å². The van der Waals surface area contributed by atoms with Crippen molar-refractivity contribution in [2.45, 2.75) is 38.3 Å². The summed E-state index contributed by atoms with van der Waals surface area (Å²) in [6, 6.07) is 4.82. The van der Waals surface area contributed by atoms with E-state index in [1.807, 2.05) is 12.1 Å². The highest BCUT2D eigenvalue weighted by Gasteiger charge is 2.26. The van der Waals surface area contributed by atoms with Gasteiger partial charge in [0.15, 0.2) is 0 Å². The Bertz CT molecular complexity index is 389. The maximum absolute atomic E-state index is 5.67. The Morgan fingerprint density at radius 3 is 2.47 bits per heavy atom. The number of rotatable bonds is 3. The van der Waals surface area contributed by atoms with Gasteiger partial charge in [-0.1, -0.05) is 0 Å². The van der Waals surface area contributed by atoms with Crippen LogP contribution in [0.15, 0.2) is 18.3 Å². The summed E-state index contributed by atoms with van der Waals surface area (Å²) in [6.07, 6.45) is 7.18. The van der Waals surface area contributed by atoms with Crippen molar-refractivity contribution >= 4 is 5.69 Å². The van der Waals surface area contributed by atoms with Crippen LogP contribution in [0.4, 0.5) is 5.69 Å². The van der Waals surface area contributed by atoms with Crippen LogP contribution in [0.5, 0.6) is 0 Å². The molecule has 0 aliphatic carbocycles. The molecule has 1 aromatic heterocycles. The fourth-order valence-electron chi connectivity index (χ4n) is 3.31. The third kappa shape index (κ3) is 3.25. The van der Waals surface area contributed by atoms with E-state index in [0.717, 1.165) is 24.0 Å². The molecule has 0 atom stereocenters. The average molecular weight is 260 g/mol. The molecular formula is C15H24N4. The van der Waals surface area contributed by atoms with Crippen molar-refractivity contribution < 1.29 is 0 Å². The smallest absolute Gasteiger partial charge is 0.0545 e. The molecule has 3 heterocycles. The maximum atomic E-state index is 5.67. The second kappa shape index (κ2) is 5.88. The van der Waals surface area contributed by atoms with Gasteiger partial charge in [-0.2, -0.15) is 0 Å². The summed E-state index contributed by atoms with van der Waals surface area (Å²) in [5, 5.41) is 0. The fraction of sp³-hybridized carbons (Fsp3) is 0.667. The third-order valence-electron chi connectivity index (χ3n) is 4.45. The number of piperidine rings is 1. The molecule has 0 aromatic carbocycles. The number of aromatic nitrogens is 1. The first kappa shape index (κ1) is 12.9. The van der Waals surface area contributed by atoms with Gasteiger partial charge in [-0.3, -0.25) is 9.88 Å². The molecule has 4 heteroatoms. The van der Waals surface area contributed by atoms with Crippen molar-refractivity contribution in [3.63, 3.8) is 0 Å². The average Bonchev–Trinajstić information content (AvgIpc) is 2.96. The number of hydrogen-bond acceptors (Lipinski definition) is 4. The summed E-state index contributed by atoms with van der Waals surface area (Å²) in [7, 11) is 0. The topological polar surface area (TPSA) is 45.4 Å². The Balaban J connectivity index is 1.48. The molecule has 3 rings (SSSR count). The number of hydrogen-bond donors (Lipinski definition) is 1. The van der Waals surface area contributed by atoms with Gasteiger partial charge >= 0.3 is 0 Å². The molecule has 1 aromatic rings. The normalized spacial score (nSPS) is 22.9. The van der Waals surface area contributed by atoms with Crippen molar-refractivity contribution in [3.05, 3.63) is 24.0 Å². The van der Waals surface area contributed by atoms with Crippen LogP contribution >= 0.6 is 0 Å².